The summed E-state index contributed by atoms with van der Waals surface area (Å²) in [5.74, 6) is -0.937. The van der Waals surface area contributed by atoms with Crippen LogP contribution in [0.1, 0.15) is 44.7 Å². The minimum Gasteiger partial charge on any atom is -0.466 e. The fraction of sp³-hybridized carbons (Fsp3) is 0.444. The Morgan fingerprint density at radius 3 is 2.57 bits per heavy atom. The van der Waals surface area contributed by atoms with Gasteiger partial charge in [-0.3, -0.25) is 14.5 Å². The highest BCUT2D eigenvalue weighted by atomic mass is 19.1. The second-order valence-corrected chi connectivity index (χ2v) is 9.09. The van der Waals surface area contributed by atoms with Gasteiger partial charge in [-0.15, -0.1) is 0 Å². The Hall–Kier alpha value is -3.42. The Kier molecular flexibility index (Phi) is 9.23. The first-order valence-corrected chi connectivity index (χ1v) is 12.1. The summed E-state index contributed by atoms with van der Waals surface area (Å²) < 4.78 is 18.5. The summed E-state index contributed by atoms with van der Waals surface area (Å²) in [5, 5.41) is 2.90. The maximum atomic E-state index is 13.4. The van der Waals surface area contributed by atoms with E-state index in [2.05, 4.69) is 5.32 Å². The number of ether oxygens (including phenoxy) is 1. The first-order valence-electron chi connectivity index (χ1n) is 12.1. The molecule has 1 fully saturated rings. The Morgan fingerprint density at radius 2 is 1.89 bits per heavy atom. The van der Waals surface area contributed by atoms with Crippen LogP contribution in [0.15, 0.2) is 48.5 Å². The van der Waals surface area contributed by atoms with Gasteiger partial charge in [0, 0.05) is 24.8 Å². The third-order valence-corrected chi connectivity index (χ3v) is 5.88. The van der Waals surface area contributed by atoms with Crippen molar-refractivity contribution >= 4 is 23.6 Å². The summed E-state index contributed by atoms with van der Waals surface area (Å²) in [7, 11) is 0. The smallest absolute Gasteiger partial charge is 0.322 e. The number of anilines is 1. The van der Waals surface area contributed by atoms with Crippen LogP contribution >= 0.6 is 0 Å². The number of amides is 3. The number of carbonyl (C=O) groups is 3. The predicted octanol–water partition coefficient (Wildman–Crippen LogP) is 4.29. The van der Waals surface area contributed by atoms with Gasteiger partial charge in [0.1, 0.15) is 5.82 Å². The lowest BCUT2D eigenvalue weighted by molar-refractivity contribution is -0.151. The molecule has 1 heterocycles. The monoisotopic (exact) mass is 483 g/mol. The molecule has 0 aromatic heterocycles. The molecule has 0 unspecified atom stereocenters. The lowest BCUT2D eigenvalue weighted by Crippen LogP contribution is -2.43. The topological polar surface area (TPSA) is 79.0 Å². The third-order valence-electron chi connectivity index (χ3n) is 5.88. The molecule has 35 heavy (non-hydrogen) atoms. The number of benzene rings is 2. The van der Waals surface area contributed by atoms with Crippen molar-refractivity contribution in [3.8, 4) is 0 Å². The average molecular weight is 484 g/mol. The van der Waals surface area contributed by atoms with Crippen molar-refractivity contribution in [2.45, 2.75) is 52.6 Å². The van der Waals surface area contributed by atoms with Crippen LogP contribution in [0.3, 0.4) is 0 Å². The average Bonchev–Trinajstić information content (AvgIpc) is 2.83. The molecule has 8 heteroatoms. The van der Waals surface area contributed by atoms with E-state index < -0.39 is 0 Å². The summed E-state index contributed by atoms with van der Waals surface area (Å²) in [6, 6.07) is 13.0. The van der Waals surface area contributed by atoms with E-state index in [0.29, 0.717) is 25.4 Å². The van der Waals surface area contributed by atoms with Crippen LogP contribution < -0.4 is 10.2 Å². The Morgan fingerprint density at radius 1 is 1.14 bits per heavy atom. The van der Waals surface area contributed by atoms with Gasteiger partial charge in [-0.1, -0.05) is 24.3 Å². The number of nitrogens with zero attached hydrogens (tertiary/aromatic N) is 2. The van der Waals surface area contributed by atoms with Gasteiger partial charge in [-0.05, 0) is 69.0 Å². The number of piperidine rings is 1. The normalized spacial score (nSPS) is 15.6. The fourth-order valence-electron chi connectivity index (χ4n) is 4.15. The molecule has 0 radical (unpaired) electrons. The quantitative estimate of drug-likeness (QED) is 0.568. The summed E-state index contributed by atoms with van der Waals surface area (Å²) in [6.07, 6.45) is 1.65. The molecule has 1 aliphatic rings. The zero-order chi connectivity index (χ0) is 25.4. The summed E-state index contributed by atoms with van der Waals surface area (Å²) >= 11 is 0. The number of nitrogens with one attached hydrogen (secondary N) is 1. The van der Waals surface area contributed by atoms with E-state index in [1.807, 2.05) is 38.1 Å². The molecule has 2 aromatic carbocycles. The van der Waals surface area contributed by atoms with Gasteiger partial charge < -0.3 is 15.0 Å². The number of carbonyl (C=O) groups excluding carboxylic acids is 3. The van der Waals surface area contributed by atoms with Crippen molar-refractivity contribution in [2.24, 2.45) is 5.92 Å². The third kappa shape index (κ3) is 7.53. The largest absolute Gasteiger partial charge is 0.466 e. The van der Waals surface area contributed by atoms with Crippen molar-refractivity contribution in [1.29, 1.82) is 0 Å². The summed E-state index contributed by atoms with van der Waals surface area (Å²) in [6.45, 7) is 7.10. The van der Waals surface area contributed by atoms with Gasteiger partial charge in [0.05, 0.1) is 25.5 Å². The highest BCUT2D eigenvalue weighted by Gasteiger charge is 2.29. The van der Waals surface area contributed by atoms with Crippen molar-refractivity contribution in [3.63, 3.8) is 0 Å². The van der Waals surface area contributed by atoms with Crippen LogP contribution in [0, 0.1) is 11.7 Å². The summed E-state index contributed by atoms with van der Waals surface area (Å²) in [4.78, 5) is 41.4. The van der Waals surface area contributed by atoms with Gasteiger partial charge in [0.25, 0.3) is 0 Å². The van der Waals surface area contributed by atoms with Gasteiger partial charge in [-0.25, -0.2) is 9.18 Å². The molecule has 3 rings (SSSR count). The molecule has 0 aliphatic carbocycles. The first-order chi connectivity index (χ1) is 16.8. The van der Waals surface area contributed by atoms with Crippen molar-refractivity contribution < 1.29 is 23.5 Å². The second-order valence-electron chi connectivity index (χ2n) is 9.09. The number of hydrogen-bond donors (Lipinski definition) is 1. The minimum atomic E-state index is -0.338. The summed E-state index contributed by atoms with van der Waals surface area (Å²) in [5.41, 5.74) is 2.19. The van der Waals surface area contributed by atoms with E-state index in [1.165, 1.54) is 12.1 Å². The zero-order valence-electron chi connectivity index (χ0n) is 20.6. The molecule has 0 saturated carbocycles. The number of halogens is 1. The molecule has 1 atom stereocenters. The van der Waals surface area contributed by atoms with Gasteiger partial charge in [0.15, 0.2) is 0 Å². The number of esters is 1. The van der Waals surface area contributed by atoms with E-state index in [-0.39, 0.29) is 48.7 Å². The highest BCUT2D eigenvalue weighted by Crippen LogP contribution is 2.22. The lowest BCUT2D eigenvalue weighted by Gasteiger charge is -2.31. The van der Waals surface area contributed by atoms with Crippen LogP contribution in [-0.2, 0) is 27.3 Å². The second kappa shape index (κ2) is 12.3. The predicted molar refractivity (Wildman–Crippen MR) is 132 cm³/mol. The number of urea groups is 1. The Bertz CT molecular complexity index is 1030. The van der Waals surface area contributed by atoms with Gasteiger partial charge in [0.2, 0.25) is 5.91 Å². The molecule has 1 saturated heterocycles. The Labute approximate surface area is 206 Å². The van der Waals surface area contributed by atoms with Gasteiger partial charge in [-0.2, -0.15) is 0 Å². The van der Waals surface area contributed by atoms with Crippen LogP contribution in [-0.4, -0.2) is 48.5 Å². The number of rotatable bonds is 8. The molecule has 1 N–H and O–H groups in total. The van der Waals surface area contributed by atoms with E-state index in [4.69, 9.17) is 4.74 Å². The molecule has 188 valence electrons. The minimum absolute atomic E-state index is 0.0607. The molecule has 0 bridgehead atoms. The maximum Gasteiger partial charge on any atom is 0.322 e. The molecular formula is C27H34FN3O4. The van der Waals surface area contributed by atoms with E-state index >= 15 is 0 Å². The molecular weight excluding hydrogens is 449 g/mol. The number of hydrogen-bond acceptors (Lipinski definition) is 4. The van der Waals surface area contributed by atoms with Crippen LogP contribution in [0.4, 0.5) is 14.9 Å². The molecule has 2 aromatic rings. The van der Waals surface area contributed by atoms with Crippen LogP contribution in [0.5, 0.6) is 0 Å². The van der Waals surface area contributed by atoms with Crippen molar-refractivity contribution in [3.05, 3.63) is 65.5 Å². The lowest BCUT2D eigenvalue weighted by atomic mass is 9.97. The van der Waals surface area contributed by atoms with E-state index in [9.17, 15) is 18.8 Å². The standard InChI is InChI=1S/C27H34FN3O4/c1-4-35-26(33)22-8-6-14-30(18-22)25(32)16-21-7-5-9-24(15-21)31(27(34)29-19(2)3)17-20-10-12-23(28)13-11-20/h5,7,9-13,15,19,22H,4,6,8,14,16-18H2,1-3H3,(H,29,34)/t22-/m1/s1. The highest BCUT2D eigenvalue weighted by molar-refractivity contribution is 5.92. The SMILES string of the molecule is CCOC(=O)[C@@H]1CCCN(C(=O)Cc2cccc(N(Cc3ccc(F)cc3)C(=O)NC(C)C)c2)C1. The molecule has 3 amide bonds. The molecule has 1 aliphatic heterocycles. The fourth-order valence-corrected chi connectivity index (χ4v) is 4.15. The Balaban J connectivity index is 1.75. The van der Waals surface area contributed by atoms with Crippen molar-refractivity contribution in [2.75, 3.05) is 24.6 Å². The van der Waals surface area contributed by atoms with Gasteiger partial charge >= 0.3 is 12.0 Å². The van der Waals surface area contributed by atoms with E-state index in [0.717, 1.165) is 24.0 Å². The zero-order valence-corrected chi connectivity index (χ0v) is 20.6. The molecule has 7 nitrogen and oxygen atoms in total. The van der Waals surface area contributed by atoms with Crippen molar-refractivity contribution in [1.82, 2.24) is 10.2 Å². The van der Waals surface area contributed by atoms with Crippen LogP contribution in [0.25, 0.3) is 0 Å². The molecule has 0 spiro atoms. The maximum absolute atomic E-state index is 13.4. The van der Waals surface area contributed by atoms with E-state index in [1.54, 1.807) is 28.9 Å². The first kappa shape index (κ1) is 26.2. The van der Waals surface area contributed by atoms with Crippen LogP contribution in [0.2, 0.25) is 0 Å². The number of likely N-dealkylation sites (tertiary alicyclic amines) is 1.